The first-order chi connectivity index (χ1) is 11.1. The lowest BCUT2D eigenvalue weighted by molar-refractivity contribution is 0.00578. The maximum absolute atomic E-state index is 14.6. The number of alkyl halides is 1. The van der Waals surface area contributed by atoms with Crippen LogP contribution in [0.1, 0.15) is 53.4 Å². The molecule has 0 amide bonds. The molecular weight excluding hydrogens is 313 g/mol. The Morgan fingerprint density at radius 1 is 1.17 bits per heavy atom. The van der Waals surface area contributed by atoms with Gasteiger partial charge in [0.1, 0.15) is 18.0 Å². The third-order valence-corrected chi connectivity index (χ3v) is 5.01. The number of benzene rings is 1. The van der Waals surface area contributed by atoms with Crippen molar-refractivity contribution in [2.45, 2.75) is 65.5 Å². The highest BCUT2D eigenvalue weighted by Gasteiger charge is 2.51. The zero-order chi connectivity index (χ0) is 17.9. The number of imidazole rings is 1. The summed E-state index contributed by atoms with van der Waals surface area (Å²) in [7, 11) is -0.668. The van der Waals surface area contributed by atoms with Gasteiger partial charge in [-0.05, 0) is 59.1 Å². The molecule has 4 nitrogen and oxygen atoms in total. The summed E-state index contributed by atoms with van der Waals surface area (Å²) in [5, 5.41) is 0. The second kappa shape index (κ2) is 5.53. The van der Waals surface area contributed by atoms with Crippen LogP contribution in [0.25, 0.3) is 11.0 Å². The van der Waals surface area contributed by atoms with Crippen LogP contribution in [-0.4, -0.2) is 27.9 Å². The first kappa shape index (κ1) is 17.4. The molecule has 0 aliphatic carbocycles. The molecule has 0 bridgehead atoms. The number of rotatable bonds is 3. The van der Waals surface area contributed by atoms with E-state index in [1.54, 1.807) is 10.6 Å². The summed E-state index contributed by atoms with van der Waals surface area (Å²) in [6.45, 7) is 10.9. The van der Waals surface area contributed by atoms with Gasteiger partial charge >= 0.3 is 7.12 Å². The summed E-state index contributed by atoms with van der Waals surface area (Å²) in [6.07, 6.45) is 0. The van der Waals surface area contributed by atoms with Crippen LogP contribution >= 0.6 is 0 Å². The average Bonchev–Trinajstić information content (AvgIpc) is 2.94. The Balaban J connectivity index is 2.13. The molecule has 1 aromatic heterocycles. The van der Waals surface area contributed by atoms with E-state index in [1.807, 2.05) is 41.5 Å². The van der Waals surface area contributed by atoms with Crippen LogP contribution in [0.2, 0.25) is 0 Å². The van der Waals surface area contributed by atoms with Crippen molar-refractivity contribution in [2.75, 3.05) is 0 Å². The van der Waals surface area contributed by atoms with Crippen molar-refractivity contribution >= 4 is 23.6 Å². The minimum Gasteiger partial charge on any atom is -0.399 e. The highest BCUT2D eigenvalue weighted by Crippen LogP contribution is 2.37. The summed E-state index contributed by atoms with van der Waals surface area (Å²) in [4.78, 5) is 4.11. The first-order valence-electron chi connectivity index (χ1n) is 8.19. The van der Waals surface area contributed by atoms with Gasteiger partial charge < -0.3 is 13.9 Å². The molecule has 1 aromatic carbocycles. The topological polar surface area (TPSA) is 36.3 Å². The van der Waals surface area contributed by atoms with Gasteiger partial charge in [-0.25, -0.2) is 13.8 Å². The van der Waals surface area contributed by atoms with Crippen LogP contribution in [0.15, 0.2) is 12.1 Å². The monoisotopic (exact) mass is 336 g/mol. The normalized spacial score (nSPS) is 19.6. The van der Waals surface area contributed by atoms with Crippen LogP contribution in [0.5, 0.6) is 0 Å². The molecule has 1 aliphatic rings. The van der Waals surface area contributed by atoms with E-state index >= 15 is 0 Å². The fourth-order valence-corrected chi connectivity index (χ4v) is 3.01. The van der Waals surface area contributed by atoms with Crippen LogP contribution in [0, 0.1) is 5.82 Å². The zero-order valence-corrected chi connectivity index (χ0v) is 15.0. The smallest absolute Gasteiger partial charge is 0.399 e. The number of nitrogens with zero attached hydrogens (tertiary/aromatic N) is 2. The second-order valence-electron chi connectivity index (χ2n) is 7.58. The Morgan fingerprint density at radius 3 is 2.25 bits per heavy atom. The van der Waals surface area contributed by atoms with Gasteiger partial charge in [0, 0.05) is 6.04 Å². The van der Waals surface area contributed by atoms with Gasteiger partial charge in [0.15, 0.2) is 5.82 Å². The molecule has 0 radical (unpaired) electrons. The Labute approximate surface area is 141 Å². The summed E-state index contributed by atoms with van der Waals surface area (Å²) >= 11 is 0. The summed E-state index contributed by atoms with van der Waals surface area (Å²) < 4.78 is 41.5. The Bertz CT molecular complexity index is 770. The van der Waals surface area contributed by atoms with Crippen molar-refractivity contribution in [3.63, 3.8) is 0 Å². The van der Waals surface area contributed by atoms with Crippen molar-refractivity contribution in [3.05, 3.63) is 23.8 Å². The molecule has 24 heavy (non-hydrogen) atoms. The van der Waals surface area contributed by atoms with E-state index in [2.05, 4.69) is 4.98 Å². The van der Waals surface area contributed by atoms with E-state index in [4.69, 9.17) is 9.31 Å². The van der Waals surface area contributed by atoms with E-state index < -0.39 is 30.8 Å². The van der Waals surface area contributed by atoms with Crippen molar-refractivity contribution in [3.8, 4) is 0 Å². The average molecular weight is 336 g/mol. The van der Waals surface area contributed by atoms with Crippen molar-refractivity contribution in [1.82, 2.24) is 9.55 Å². The number of hydrogen-bond acceptors (Lipinski definition) is 3. The molecular formula is C17H23BF2N2O2. The summed E-state index contributed by atoms with van der Waals surface area (Å²) in [6, 6.07) is 3.12. The van der Waals surface area contributed by atoms with Crippen molar-refractivity contribution in [1.29, 1.82) is 0 Å². The van der Waals surface area contributed by atoms with Gasteiger partial charge in [-0.1, -0.05) is 0 Å². The highest BCUT2D eigenvalue weighted by atomic mass is 19.1. The lowest BCUT2D eigenvalue weighted by Gasteiger charge is -2.32. The largest absolute Gasteiger partial charge is 0.495 e. The quantitative estimate of drug-likeness (QED) is 0.805. The molecule has 2 aromatic rings. The molecule has 2 heterocycles. The molecule has 0 unspecified atom stereocenters. The predicted octanol–water partition coefficient (Wildman–Crippen LogP) is 3.53. The third-order valence-electron chi connectivity index (χ3n) is 5.01. The van der Waals surface area contributed by atoms with Gasteiger partial charge in [-0.2, -0.15) is 0 Å². The fourth-order valence-electron chi connectivity index (χ4n) is 3.01. The molecule has 3 rings (SSSR count). The maximum Gasteiger partial charge on any atom is 0.495 e. The first-order valence-corrected chi connectivity index (χ1v) is 8.19. The Hall–Kier alpha value is -1.47. The molecule has 1 fully saturated rings. The number of fused-ring (bicyclic) bond motifs is 1. The van der Waals surface area contributed by atoms with Gasteiger partial charge in [0.25, 0.3) is 0 Å². The van der Waals surface area contributed by atoms with Crippen LogP contribution < -0.4 is 5.46 Å². The minimum atomic E-state index is -0.738. The summed E-state index contributed by atoms with van der Waals surface area (Å²) in [5.74, 6) is -0.267. The molecule has 0 saturated carbocycles. The van der Waals surface area contributed by atoms with E-state index in [0.717, 1.165) is 0 Å². The van der Waals surface area contributed by atoms with E-state index in [1.165, 1.54) is 6.07 Å². The number of aromatic nitrogens is 2. The molecule has 0 spiro atoms. The molecule has 0 N–H and O–H groups in total. The molecule has 0 atom stereocenters. The summed E-state index contributed by atoms with van der Waals surface area (Å²) in [5.41, 5.74) is 0.293. The molecule has 1 saturated heterocycles. The molecule has 1 aliphatic heterocycles. The second-order valence-corrected chi connectivity index (χ2v) is 7.58. The standard InChI is InChI=1S/C17H23BF2N2O2/c1-10(2)22-13-8-11(7-12(20)15(13)21-14(22)9-19)18-23-16(3,4)17(5,6)24-18/h7-8,10H,9H2,1-6H3. The minimum absolute atomic E-state index is 0.0336. The van der Waals surface area contributed by atoms with Gasteiger partial charge in [0.05, 0.1) is 16.7 Å². The van der Waals surface area contributed by atoms with E-state index in [9.17, 15) is 8.78 Å². The van der Waals surface area contributed by atoms with Crippen LogP contribution in [0.3, 0.4) is 0 Å². The Morgan fingerprint density at radius 2 is 1.75 bits per heavy atom. The fraction of sp³-hybridized carbons (Fsp3) is 0.588. The van der Waals surface area contributed by atoms with Crippen LogP contribution in [0.4, 0.5) is 8.78 Å². The maximum atomic E-state index is 14.6. The van der Waals surface area contributed by atoms with Gasteiger partial charge in [-0.15, -0.1) is 0 Å². The van der Waals surface area contributed by atoms with E-state index in [-0.39, 0.29) is 17.4 Å². The third kappa shape index (κ3) is 2.54. The highest BCUT2D eigenvalue weighted by molar-refractivity contribution is 6.62. The van der Waals surface area contributed by atoms with Crippen LogP contribution in [-0.2, 0) is 16.0 Å². The SMILES string of the molecule is CC(C)n1c(CF)nc2c(F)cc(B3OC(C)(C)C(C)(C)O3)cc21. The zero-order valence-electron chi connectivity index (χ0n) is 15.0. The number of halogens is 2. The predicted molar refractivity (Wildman–Crippen MR) is 90.6 cm³/mol. The number of hydrogen-bond donors (Lipinski definition) is 0. The lowest BCUT2D eigenvalue weighted by Crippen LogP contribution is -2.41. The lowest BCUT2D eigenvalue weighted by atomic mass is 9.79. The van der Waals surface area contributed by atoms with Gasteiger partial charge in [-0.3, -0.25) is 0 Å². The molecule has 130 valence electrons. The Kier molecular flexibility index (Phi) is 4.00. The van der Waals surface area contributed by atoms with Crippen molar-refractivity contribution < 1.29 is 18.1 Å². The van der Waals surface area contributed by atoms with Crippen molar-refractivity contribution in [2.24, 2.45) is 0 Å². The molecule has 7 heteroatoms. The van der Waals surface area contributed by atoms with E-state index in [0.29, 0.717) is 11.0 Å². The van der Waals surface area contributed by atoms with Gasteiger partial charge in [0.2, 0.25) is 0 Å².